The number of ether oxygens (including phenoxy) is 3. The molecule has 3 heterocycles. The fourth-order valence-corrected chi connectivity index (χ4v) is 5.94. The van der Waals surface area contributed by atoms with Crippen molar-refractivity contribution in [1.29, 1.82) is 0 Å². The molecule has 1 aromatic heterocycles. The van der Waals surface area contributed by atoms with Crippen LogP contribution in [0.4, 0.5) is 0 Å². The summed E-state index contributed by atoms with van der Waals surface area (Å²) in [6, 6.07) is 1.13. The summed E-state index contributed by atoms with van der Waals surface area (Å²) < 4.78 is 18.6. The number of amides is 1. The molecule has 46 heavy (non-hydrogen) atoms. The summed E-state index contributed by atoms with van der Waals surface area (Å²) in [6.45, 7) is 1.94. The van der Waals surface area contributed by atoms with Gasteiger partial charge in [-0.1, -0.05) is 89.1 Å². The molecule has 0 radical (unpaired) electrons. The van der Waals surface area contributed by atoms with Gasteiger partial charge in [-0.2, -0.15) is 0 Å². The predicted molar refractivity (Wildman–Crippen MR) is 169 cm³/mol. The average molecular weight is 653 g/mol. The second kappa shape index (κ2) is 20.5. The molecule has 5 N–H and O–H groups in total. The zero-order valence-corrected chi connectivity index (χ0v) is 26.9. The van der Waals surface area contributed by atoms with Gasteiger partial charge in [0.2, 0.25) is 5.91 Å². The van der Waals surface area contributed by atoms with E-state index in [0.29, 0.717) is 6.42 Å². The van der Waals surface area contributed by atoms with Gasteiger partial charge in [0.25, 0.3) is 5.56 Å². The van der Waals surface area contributed by atoms with Gasteiger partial charge >= 0.3 is 5.69 Å². The highest BCUT2D eigenvalue weighted by Gasteiger charge is 2.47. The highest BCUT2D eigenvalue weighted by atomic mass is 16.7. The van der Waals surface area contributed by atoms with Crippen molar-refractivity contribution in [2.75, 3.05) is 13.1 Å². The number of H-pyrrole nitrogens is 1. The first kappa shape index (κ1) is 37.7. The van der Waals surface area contributed by atoms with Crippen molar-refractivity contribution >= 4 is 5.91 Å². The molecular weight excluding hydrogens is 600 g/mol. The van der Waals surface area contributed by atoms with Crippen LogP contribution in [-0.2, 0) is 19.0 Å². The third kappa shape index (κ3) is 12.1. The van der Waals surface area contributed by atoms with Gasteiger partial charge in [-0.15, -0.1) is 0 Å². The molecular formula is C31H52N6O9. The van der Waals surface area contributed by atoms with Gasteiger partial charge in [0.05, 0.1) is 18.8 Å². The minimum absolute atomic E-state index is 0.00313. The lowest BCUT2D eigenvalue weighted by molar-refractivity contribution is -0.213. The quantitative estimate of drug-likeness (QED) is 0.0537. The van der Waals surface area contributed by atoms with Crippen LogP contribution in [0.1, 0.15) is 109 Å². The summed E-state index contributed by atoms with van der Waals surface area (Å²) in [6.07, 6.45) is 7.84. The Morgan fingerprint density at radius 3 is 2.28 bits per heavy atom. The van der Waals surface area contributed by atoms with Crippen molar-refractivity contribution in [2.24, 2.45) is 5.11 Å². The number of aliphatic hydroxyl groups excluding tert-OH is 3. The minimum Gasteiger partial charge on any atom is -0.388 e. The number of aromatic nitrogens is 2. The molecule has 2 aliphatic heterocycles. The van der Waals surface area contributed by atoms with E-state index in [4.69, 9.17) is 19.7 Å². The molecule has 8 atom stereocenters. The molecule has 0 aliphatic carbocycles. The maximum absolute atomic E-state index is 12.7. The summed E-state index contributed by atoms with van der Waals surface area (Å²) in [7, 11) is 0. The van der Waals surface area contributed by atoms with Crippen LogP contribution in [-0.4, -0.2) is 86.8 Å². The van der Waals surface area contributed by atoms with Crippen LogP contribution in [0.3, 0.4) is 0 Å². The van der Waals surface area contributed by atoms with E-state index in [2.05, 4.69) is 27.3 Å². The first-order valence-corrected chi connectivity index (χ1v) is 16.8. The van der Waals surface area contributed by atoms with Gasteiger partial charge in [-0.05, 0) is 12.0 Å². The molecule has 0 aromatic carbocycles. The van der Waals surface area contributed by atoms with E-state index in [1.54, 1.807) is 0 Å². The number of aliphatic hydroxyl groups is 3. The van der Waals surface area contributed by atoms with Crippen LogP contribution < -0.4 is 16.6 Å². The topological polar surface area (TPSA) is 221 Å². The fourth-order valence-electron chi connectivity index (χ4n) is 5.94. The van der Waals surface area contributed by atoms with Crippen LogP contribution in [0.25, 0.3) is 10.4 Å². The SMILES string of the molecule is CCCCCCCCCCCCCCCC(=O)NC[C@@H](O[C@@H]1O[C@H](CN=[N+]=[N-])[C@@H](O)[C@H]1O)[C@@H]1C[C@@H](O)[C@H](n2ccc(=O)[nH]c2=O)O1. The number of hydrogen-bond donors (Lipinski definition) is 5. The fraction of sp³-hybridized carbons (Fsp3) is 0.839. The van der Waals surface area contributed by atoms with Crippen LogP contribution in [0.15, 0.2) is 27.0 Å². The molecule has 2 aliphatic rings. The van der Waals surface area contributed by atoms with Crippen LogP contribution in [0, 0.1) is 0 Å². The molecule has 0 bridgehead atoms. The van der Waals surface area contributed by atoms with Gasteiger partial charge < -0.3 is 34.8 Å². The van der Waals surface area contributed by atoms with Crippen LogP contribution >= 0.6 is 0 Å². The molecule has 3 rings (SSSR count). The molecule has 1 aromatic rings. The van der Waals surface area contributed by atoms with E-state index in [1.165, 1.54) is 64.0 Å². The Morgan fingerprint density at radius 1 is 1.04 bits per heavy atom. The van der Waals surface area contributed by atoms with Crippen molar-refractivity contribution in [1.82, 2.24) is 14.9 Å². The highest BCUT2D eigenvalue weighted by molar-refractivity contribution is 5.75. The lowest BCUT2D eigenvalue weighted by Gasteiger charge is -2.28. The number of azide groups is 1. The van der Waals surface area contributed by atoms with E-state index in [1.807, 2.05) is 0 Å². The van der Waals surface area contributed by atoms with E-state index in [-0.39, 0.29) is 25.4 Å². The molecule has 2 saturated heterocycles. The number of nitrogens with zero attached hydrogens (tertiary/aromatic N) is 4. The molecule has 0 spiro atoms. The number of carbonyl (C=O) groups is 1. The van der Waals surface area contributed by atoms with Crippen molar-refractivity contribution in [3.05, 3.63) is 43.5 Å². The van der Waals surface area contributed by atoms with Gasteiger partial charge in [-0.3, -0.25) is 19.1 Å². The van der Waals surface area contributed by atoms with Crippen LogP contribution in [0.5, 0.6) is 0 Å². The van der Waals surface area contributed by atoms with E-state index >= 15 is 0 Å². The third-order valence-electron chi connectivity index (χ3n) is 8.62. The summed E-state index contributed by atoms with van der Waals surface area (Å²) in [4.78, 5) is 41.3. The molecule has 15 heteroatoms. The Hall–Kier alpha value is -2.78. The Bertz CT molecular complexity index is 1210. The minimum atomic E-state index is -1.48. The maximum atomic E-state index is 12.7. The van der Waals surface area contributed by atoms with Crippen molar-refractivity contribution in [3.63, 3.8) is 0 Å². The third-order valence-corrected chi connectivity index (χ3v) is 8.62. The summed E-state index contributed by atoms with van der Waals surface area (Å²) in [5.41, 5.74) is 7.25. The lowest BCUT2D eigenvalue weighted by atomic mass is 10.0. The Balaban J connectivity index is 1.47. The van der Waals surface area contributed by atoms with E-state index in [0.717, 1.165) is 36.3 Å². The van der Waals surface area contributed by atoms with Gasteiger partial charge in [0.15, 0.2) is 12.5 Å². The largest absolute Gasteiger partial charge is 0.388 e. The van der Waals surface area contributed by atoms with E-state index in [9.17, 15) is 29.7 Å². The standard InChI is InChI=1S/C31H52N6O9/c1-2-3-4-5-6-7-8-9-10-11-12-13-14-15-25(39)33-19-23(45-30-28(42)27(41)24(46-30)20-34-36-32)22-18-21(38)29(44-22)37-17-16-26(40)35-31(37)43/h16-17,21-24,27-30,38,41-42H,2-15,18-20H2,1H3,(H,33,39)(H,35,40,43)/t21-,22+,23-,24-,27-,28-,29-,30-/m1/s1. The normalized spacial score (nSPS) is 26.6. The Kier molecular flexibility index (Phi) is 16.8. The molecule has 260 valence electrons. The second-order valence-electron chi connectivity index (χ2n) is 12.3. The highest BCUT2D eigenvalue weighted by Crippen LogP contribution is 2.32. The summed E-state index contributed by atoms with van der Waals surface area (Å²) >= 11 is 0. The first-order valence-electron chi connectivity index (χ1n) is 16.8. The first-order chi connectivity index (χ1) is 22.2. The summed E-state index contributed by atoms with van der Waals surface area (Å²) in [5.74, 6) is -0.197. The van der Waals surface area contributed by atoms with Gasteiger partial charge in [-0.25, -0.2) is 4.79 Å². The smallest absolute Gasteiger partial charge is 0.330 e. The molecule has 0 unspecified atom stereocenters. The van der Waals surface area contributed by atoms with Crippen molar-refractivity contribution in [3.8, 4) is 0 Å². The number of aromatic amines is 1. The predicted octanol–water partition coefficient (Wildman–Crippen LogP) is 2.92. The zero-order valence-electron chi connectivity index (χ0n) is 26.9. The average Bonchev–Trinajstić information content (AvgIpc) is 3.54. The number of rotatable bonds is 22. The van der Waals surface area contributed by atoms with Gasteiger partial charge in [0.1, 0.15) is 24.4 Å². The van der Waals surface area contributed by atoms with Crippen molar-refractivity contribution < 1.29 is 34.3 Å². The molecule has 2 fully saturated rings. The zero-order chi connectivity index (χ0) is 33.3. The number of unbranched alkanes of at least 4 members (excludes halogenated alkanes) is 12. The number of hydrogen-bond acceptors (Lipinski definition) is 10. The Morgan fingerprint density at radius 2 is 1.67 bits per heavy atom. The summed E-state index contributed by atoms with van der Waals surface area (Å²) in [5, 5.41) is 37.8. The monoisotopic (exact) mass is 652 g/mol. The Labute approximate surface area is 269 Å². The van der Waals surface area contributed by atoms with Crippen molar-refractivity contribution in [2.45, 2.75) is 152 Å². The molecule has 15 nitrogen and oxygen atoms in total. The molecule has 0 saturated carbocycles. The van der Waals surface area contributed by atoms with E-state index < -0.39 is 60.4 Å². The second-order valence-corrected chi connectivity index (χ2v) is 12.3. The number of carbonyl (C=O) groups excluding carboxylic acids is 1. The maximum Gasteiger partial charge on any atom is 0.330 e. The van der Waals surface area contributed by atoms with Gasteiger partial charge in [0, 0.05) is 36.6 Å². The molecule has 1 amide bonds. The lowest BCUT2D eigenvalue weighted by Crippen LogP contribution is -2.45. The van der Waals surface area contributed by atoms with Crippen LogP contribution in [0.2, 0.25) is 0 Å². The number of nitrogens with one attached hydrogen (secondary N) is 2.